The maximum absolute atomic E-state index is 2.47. The summed E-state index contributed by atoms with van der Waals surface area (Å²) in [6.45, 7) is 6.29. The maximum Gasteiger partial charge on any atom is 0.0577 e. The van der Waals surface area contributed by atoms with Crippen LogP contribution in [0.2, 0.25) is 0 Å². The molecule has 4 aromatic carbocycles. The molecule has 6 rings (SSSR count). The van der Waals surface area contributed by atoms with Gasteiger partial charge in [-0.1, -0.05) is 84.9 Å². The standard InChI is InChI=1S/C32H28N2/c1-3-33(23-15-7-5-8-16-23)31-27-21-13-11-19-25(27)30-29(31)26-20-12-14-22-28(26)32(30)34(4-2)24-17-9-6-10-18-24/h5-22H,3-4H2,1-2H3. The summed E-state index contributed by atoms with van der Waals surface area (Å²) in [6, 6.07) is 39.4. The number of hydrogen-bond acceptors (Lipinski definition) is 2. The largest absolute Gasteiger partial charge is 0.341 e. The summed E-state index contributed by atoms with van der Waals surface area (Å²) in [7, 11) is 0. The van der Waals surface area contributed by atoms with Crippen molar-refractivity contribution in [2.24, 2.45) is 0 Å². The van der Waals surface area contributed by atoms with Crippen molar-refractivity contribution < 1.29 is 0 Å². The summed E-state index contributed by atoms with van der Waals surface area (Å²) in [5.41, 5.74) is 13.1. The zero-order chi connectivity index (χ0) is 23.1. The summed E-state index contributed by atoms with van der Waals surface area (Å²) in [4.78, 5) is 4.94. The Morgan fingerprint density at radius 2 is 0.735 bits per heavy atom. The minimum atomic E-state index is 0.901. The maximum atomic E-state index is 2.47. The highest BCUT2D eigenvalue weighted by Crippen LogP contribution is 2.57. The van der Waals surface area contributed by atoms with Crippen molar-refractivity contribution in [3.05, 3.63) is 131 Å². The minimum Gasteiger partial charge on any atom is -0.341 e. The number of fused-ring (bicyclic) bond motifs is 5. The van der Waals surface area contributed by atoms with Crippen LogP contribution in [0.4, 0.5) is 11.4 Å². The van der Waals surface area contributed by atoms with E-state index in [1.54, 1.807) is 0 Å². The lowest BCUT2D eigenvalue weighted by Crippen LogP contribution is -2.21. The molecule has 0 fully saturated rings. The third-order valence-electron chi connectivity index (χ3n) is 6.93. The summed E-state index contributed by atoms with van der Waals surface area (Å²) >= 11 is 0. The van der Waals surface area contributed by atoms with E-state index in [4.69, 9.17) is 0 Å². The first-order chi connectivity index (χ1) is 16.8. The molecule has 4 aromatic rings. The van der Waals surface area contributed by atoms with E-state index in [-0.39, 0.29) is 0 Å². The van der Waals surface area contributed by atoms with Crippen LogP contribution >= 0.6 is 0 Å². The molecule has 166 valence electrons. The van der Waals surface area contributed by atoms with E-state index in [9.17, 15) is 0 Å². The number of allylic oxidation sites excluding steroid dienone is 2. The Kier molecular flexibility index (Phi) is 5.07. The summed E-state index contributed by atoms with van der Waals surface area (Å²) in [6.07, 6.45) is 0. The van der Waals surface area contributed by atoms with Crippen LogP contribution in [0.5, 0.6) is 0 Å². The number of anilines is 2. The molecular formula is C32H28N2. The molecule has 0 atom stereocenters. The van der Waals surface area contributed by atoms with Gasteiger partial charge in [0, 0.05) is 46.7 Å². The van der Waals surface area contributed by atoms with Gasteiger partial charge < -0.3 is 9.80 Å². The molecule has 0 bridgehead atoms. The topological polar surface area (TPSA) is 6.48 Å². The van der Waals surface area contributed by atoms with Gasteiger partial charge in [0.25, 0.3) is 0 Å². The summed E-state index contributed by atoms with van der Waals surface area (Å²) in [5.74, 6) is 0. The lowest BCUT2D eigenvalue weighted by Gasteiger charge is -2.27. The number of rotatable bonds is 6. The van der Waals surface area contributed by atoms with Crippen molar-refractivity contribution in [1.29, 1.82) is 0 Å². The van der Waals surface area contributed by atoms with E-state index >= 15 is 0 Å². The summed E-state index contributed by atoms with van der Waals surface area (Å²) in [5, 5.41) is 0. The highest BCUT2D eigenvalue weighted by atomic mass is 15.2. The Morgan fingerprint density at radius 1 is 0.412 bits per heavy atom. The van der Waals surface area contributed by atoms with Crippen molar-refractivity contribution in [2.75, 3.05) is 22.9 Å². The van der Waals surface area contributed by atoms with Crippen LogP contribution in [-0.2, 0) is 0 Å². The minimum absolute atomic E-state index is 0.901. The van der Waals surface area contributed by atoms with Crippen LogP contribution in [0, 0.1) is 0 Å². The average molecular weight is 441 g/mol. The number of benzene rings is 4. The van der Waals surface area contributed by atoms with Crippen molar-refractivity contribution >= 4 is 33.9 Å². The number of nitrogens with zero attached hydrogens (tertiary/aromatic N) is 2. The van der Waals surface area contributed by atoms with Crippen molar-refractivity contribution in [3.63, 3.8) is 0 Å². The molecule has 0 unspecified atom stereocenters. The van der Waals surface area contributed by atoms with Crippen LogP contribution in [0.1, 0.15) is 36.1 Å². The quantitative estimate of drug-likeness (QED) is 0.302. The van der Waals surface area contributed by atoms with Gasteiger partial charge in [0.1, 0.15) is 0 Å². The van der Waals surface area contributed by atoms with Crippen molar-refractivity contribution in [3.8, 4) is 0 Å². The lowest BCUT2D eigenvalue weighted by molar-refractivity contribution is 1.03. The number of hydrogen-bond donors (Lipinski definition) is 0. The van der Waals surface area contributed by atoms with Crippen molar-refractivity contribution in [1.82, 2.24) is 0 Å². The van der Waals surface area contributed by atoms with E-state index in [2.05, 4.69) is 133 Å². The van der Waals surface area contributed by atoms with Crippen molar-refractivity contribution in [2.45, 2.75) is 13.8 Å². The molecule has 0 N–H and O–H groups in total. The van der Waals surface area contributed by atoms with Gasteiger partial charge in [-0.25, -0.2) is 0 Å². The molecule has 0 amide bonds. The molecule has 0 radical (unpaired) electrons. The molecule has 34 heavy (non-hydrogen) atoms. The highest BCUT2D eigenvalue weighted by Gasteiger charge is 2.40. The molecule has 2 nitrogen and oxygen atoms in total. The second-order valence-electron chi connectivity index (χ2n) is 8.70. The van der Waals surface area contributed by atoms with Crippen LogP contribution in [0.15, 0.2) is 109 Å². The van der Waals surface area contributed by atoms with Gasteiger partial charge in [0.2, 0.25) is 0 Å². The van der Waals surface area contributed by atoms with Gasteiger partial charge in [-0.05, 0) is 49.2 Å². The first kappa shape index (κ1) is 20.6. The Hall–Kier alpha value is -4.04. The van der Waals surface area contributed by atoms with Crippen LogP contribution < -0.4 is 9.80 Å². The molecule has 0 aliphatic heterocycles. The van der Waals surface area contributed by atoms with Gasteiger partial charge in [-0.15, -0.1) is 0 Å². The van der Waals surface area contributed by atoms with Gasteiger partial charge in [-0.3, -0.25) is 0 Å². The lowest BCUT2D eigenvalue weighted by atomic mass is 10.0. The zero-order valence-electron chi connectivity index (χ0n) is 19.7. The fraction of sp³-hybridized carbons (Fsp3) is 0.125. The third kappa shape index (κ3) is 3.03. The van der Waals surface area contributed by atoms with E-state index in [0.717, 1.165) is 13.1 Å². The molecule has 2 heteroatoms. The van der Waals surface area contributed by atoms with Crippen LogP contribution in [0.3, 0.4) is 0 Å². The Labute approximate surface area is 202 Å². The molecule has 2 aliphatic rings. The monoisotopic (exact) mass is 440 g/mol. The third-order valence-corrected chi connectivity index (χ3v) is 6.93. The second-order valence-corrected chi connectivity index (χ2v) is 8.70. The second kappa shape index (κ2) is 8.39. The van der Waals surface area contributed by atoms with Gasteiger partial charge in [0.05, 0.1) is 11.4 Å². The van der Waals surface area contributed by atoms with Crippen LogP contribution in [0.25, 0.3) is 22.5 Å². The molecule has 0 spiro atoms. The normalized spacial score (nSPS) is 13.6. The van der Waals surface area contributed by atoms with E-state index in [1.165, 1.54) is 56.2 Å². The van der Waals surface area contributed by atoms with Gasteiger partial charge in [0.15, 0.2) is 0 Å². The molecular weight excluding hydrogens is 412 g/mol. The molecule has 0 saturated carbocycles. The highest BCUT2D eigenvalue weighted by molar-refractivity contribution is 6.34. The predicted molar refractivity (Wildman–Crippen MR) is 145 cm³/mol. The fourth-order valence-corrected chi connectivity index (χ4v) is 5.56. The number of para-hydroxylation sites is 2. The Morgan fingerprint density at radius 3 is 1.09 bits per heavy atom. The molecule has 2 aliphatic carbocycles. The predicted octanol–water partition coefficient (Wildman–Crippen LogP) is 7.80. The average Bonchev–Trinajstić information content (AvgIpc) is 3.40. The SMILES string of the molecule is CCN(C1=C2C(=C(N(CC)c3ccccc3)c3ccccc32)c2ccccc21)c1ccccc1. The van der Waals surface area contributed by atoms with E-state index in [1.807, 2.05) is 0 Å². The first-order valence-corrected chi connectivity index (χ1v) is 12.2. The first-order valence-electron chi connectivity index (χ1n) is 12.2. The van der Waals surface area contributed by atoms with Gasteiger partial charge in [-0.2, -0.15) is 0 Å². The van der Waals surface area contributed by atoms with E-state index in [0.29, 0.717) is 0 Å². The van der Waals surface area contributed by atoms with E-state index < -0.39 is 0 Å². The zero-order valence-corrected chi connectivity index (χ0v) is 19.7. The Bertz CT molecular complexity index is 1300. The fourth-order valence-electron chi connectivity index (χ4n) is 5.56. The van der Waals surface area contributed by atoms with Gasteiger partial charge >= 0.3 is 0 Å². The molecule has 0 heterocycles. The Balaban J connectivity index is 1.69. The summed E-state index contributed by atoms with van der Waals surface area (Å²) < 4.78 is 0. The molecule has 0 aromatic heterocycles. The van der Waals surface area contributed by atoms with Crippen LogP contribution in [-0.4, -0.2) is 13.1 Å². The smallest absolute Gasteiger partial charge is 0.0577 e. The molecule has 0 saturated heterocycles.